The van der Waals surface area contributed by atoms with Gasteiger partial charge in [-0.1, -0.05) is 11.6 Å². The molecule has 0 saturated carbocycles. The van der Waals surface area contributed by atoms with Gasteiger partial charge in [0.05, 0.1) is 41.9 Å². The molecule has 2 aromatic carbocycles. The van der Waals surface area contributed by atoms with Gasteiger partial charge in [0.2, 0.25) is 0 Å². The highest BCUT2D eigenvalue weighted by molar-refractivity contribution is 8.00. The van der Waals surface area contributed by atoms with Gasteiger partial charge in [0.15, 0.2) is 0 Å². The first-order valence-corrected chi connectivity index (χ1v) is 10.4. The first-order chi connectivity index (χ1) is 13.5. The Kier molecular flexibility index (Phi) is 6.88. The van der Waals surface area contributed by atoms with Crippen molar-refractivity contribution in [2.75, 3.05) is 30.9 Å². The van der Waals surface area contributed by atoms with Crippen LogP contribution in [0, 0.1) is 5.82 Å². The summed E-state index contributed by atoms with van der Waals surface area (Å²) in [7, 11) is 4.91. The summed E-state index contributed by atoms with van der Waals surface area (Å²) in [4.78, 5) is 4.78. The van der Waals surface area contributed by atoms with Gasteiger partial charge in [-0.25, -0.2) is 9.37 Å². The number of methoxy groups -OCH3 is 2. The number of halogens is 2. The molecule has 0 amide bonds. The molecule has 0 bridgehead atoms. The number of anilines is 2. The molecule has 1 N–H and O–H groups in total. The summed E-state index contributed by atoms with van der Waals surface area (Å²) >= 11 is 8.95. The molecule has 3 aromatic rings. The van der Waals surface area contributed by atoms with Crippen molar-refractivity contribution in [2.45, 2.75) is 11.4 Å². The summed E-state index contributed by atoms with van der Waals surface area (Å²) in [5.74, 6) is 1.75. The van der Waals surface area contributed by atoms with Gasteiger partial charge >= 0.3 is 0 Å². The number of benzene rings is 2. The fourth-order valence-electron chi connectivity index (χ4n) is 2.54. The van der Waals surface area contributed by atoms with Crippen LogP contribution in [-0.2, 0) is 6.54 Å². The average Bonchev–Trinajstić information content (AvgIpc) is 3.24. The van der Waals surface area contributed by atoms with Crippen LogP contribution in [0.4, 0.5) is 15.9 Å². The lowest BCUT2D eigenvalue weighted by molar-refractivity contribution is 0.391. The molecule has 0 fully saturated rings. The molecule has 0 unspecified atom stereocenters. The Balaban J connectivity index is 1.93. The van der Waals surface area contributed by atoms with E-state index in [1.54, 1.807) is 32.8 Å². The molecule has 148 valence electrons. The fourth-order valence-corrected chi connectivity index (χ4v) is 4.42. The van der Waals surface area contributed by atoms with E-state index in [0.717, 1.165) is 11.4 Å². The quantitative estimate of drug-likeness (QED) is 0.454. The molecule has 1 heterocycles. The van der Waals surface area contributed by atoms with Gasteiger partial charge in [0, 0.05) is 24.1 Å². The molecular formula is C19H19ClFN3O2S2. The van der Waals surface area contributed by atoms with Gasteiger partial charge < -0.3 is 14.8 Å². The van der Waals surface area contributed by atoms with Crippen molar-refractivity contribution in [3.63, 3.8) is 0 Å². The van der Waals surface area contributed by atoms with Crippen molar-refractivity contribution < 1.29 is 13.9 Å². The zero-order valence-corrected chi connectivity index (χ0v) is 17.9. The maximum absolute atomic E-state index is 14.6. The third-order valence-corrected chi connectivity index (χ3v) is 5.92. The second-order valence-corrected chi connectivity index (χ2v) is 7.85. The molecular weight excluding hydrogens is 421 g/mol. The number of nitrogens with one attached hydrogen (secondary N) is 1. The number of ether oxygens (including phenoxy) is 2. The van der Waals surface area contributed by atoms with Crippen molar-refractivity contribution in [3.8, 4) is 11.5 Å². The minimum atomic E-state index is -0.360. The van der Waals surface area contributed by atoms with Crippen LogP contribution in [0.5, 0.6) is 11.5 Å². The van der Waals surface area contributed by atoms with Crippen LogP contribution in [0.15, 0.2) is 46.1 Å². The van der Waals surface area contributed by atoms with Crippen LogP contribution in [0.3, 0.4) is 0 Å². The van der Waals surface area contributed by atoms with E-state index in [4.69, 9.17) is 21.1 Å². The summed E-state index contributed by atoms with van der Waals surface area (Å²) in [6.45, 7) is 0.451. The highest BCUT2D eigenvalue weighted by atomic mass is 35.5. The van der Waals surface area contributed by atoms with Crippen LogP contribution in [0.2, 0.25) is 5.02 Å². The first kappa shape index (κ1) is 20.6. The maximum Gasteiger partial charge on any atom is 0.150 e. The summed E-state index contributed by atoms with van der Waals surface area (Å²) < 4.78 is 27.2. The average molecular weight is 440 g/mol. The van der Waals surface area contributed by atoms with Crippen LogP contribution < -0.4 is 19.1 Å². The molecule has 9 heteroatoms. The van der Waals surface area contributed by atoms with Crippen molar-refractivity contribution >= 4 is 46.4 Å². The Bertz CT molecular complexity index is 941. The standard InChI is InChI=1S/C19H19ClFN3O2S2/c1-22-16-8-15(21)18(7-14(16)20)28-24(19-10-27-11-23-19)9-12-4-5-13(25-2)6-17(12)26-3/h4-8,10-11,22H,9H2,1-3H3. The van der Waals surface area contributed by atoms with Gasteiger partial charge in [0.25, 0.3) is 0 Å². The number of nitrogens with zero attached hydrogens (tertiary/aromatic N) is 2. The minimum Gasteiger partial charge on any atom is -0.497 e. The Hall–Kier alpha value is -2.16. The SMILES string of the molecule is CNc1cc(F)c(SN(Cc2ccc(OC)cc2OC)c2cscn2)cc1Cl. The summed E-state index contributed by atoms with van der Waals surface area (Å²) in [5, 5.41) is 5.23. The molecule has 0 aliphatic carbocycles. The van der Waals surface area contributed by atoms with E-state index in [2.05, 4.69) is 10.3 Å². The second-order valence-electron chi connectivity index (χ2n) is 5.66. The Morgan fingerprint density at radius 2 is 2.07 bits per heavy atom. The van der Waals surface area contributed by atoms with Crippen LogP contribution >= 0.6 is 34.9 Å². The summed E-state index contributed by atoms with van der Waals surface area (Å²) in [5.41, 5.74) is 3.20. The highest BCUT2D eigenvalue weighted by Gasteiger charge is 2.18. The number of rotatable bonds is 8. The van der Waals surface area contributed by atoms with Gasteiger partial charge in [-0.15, -0.1) is 11.3 Å². The topological polar surface area (TPSA) is 46.6 Å². The Morgan fingerprint density at radius 3 is 2.71 bits per heavy atom. The molecule has 28 heavy (non-hydrogen) atoms. The predicted molar refractivity (Wildman–Crippen MR) is 115 cm³/mol. The predicted octanol–water partition coefficient (Wildman–Crippen LogP) is 5.71. The lowest BCUT2D eigenvalue weighted by atomic mass is 10.2. The monoisotopic (exact) mass is 439 g/mol. The third kappa shape index (κ3) is 4.63. The van der Waals surface area contributed by atoms with E-state index in [1.807, 2.05) is 27.9 Å². The first-order valence-electron chi connectivity index (χ1n) is 8.27. The molecule has 3 rings (SSSR count). The molecule has 0 aliphatic rings. The van der Waals surface area contributed by atoms with E-state index in [1.165, 1.54) is 29.4 Å². The van der Waals surface area contributed by atoms with Gasteiger partial charge in [0.1, 0.15) is 23.1 Å². The van der Waals surface area contributed by atoms with E-state index in [9.17, 15) is 4.39 Å². The number of aromatic nitrogens is 1. The van der Waals surface area contributed by atoms with Gasteiger partial charge in [-0.3, -0.25) is 4.31 Å². The van der Waals surface area contributed by atoms with E-state index >= 15 is 0 Å². The lowest BCUT2D eigenvalue weighted by Gasteiger charge is -2.23. The second kappa shape index (κ2) is 9.36. The smallest absolute Gasteiger partial charge is 0.150 e. The Morgan fingerprint density at radius 1 is 1.25 bits per heavy atom. The number of thiazole rings is 1. The highest BCUT2D eigenvalue weighted by Crippen LogP contribution is 2.37. The largest absolute Gasteiger partial charge is 0.497 e. The number of hydrogen-bond acceptors (Lipinski definition) is 7. The van der Waals surface area contributed by atoms with E-state index in [0.29, 0.717) is 33.6 Å². The van der Waals surface area contributed by atoms with Crippen molar-refractivity contribution in [2.24, 2.45) is 0 Å². The summed E-state index contributed by atoms with van der Waals surface area (Å²) in [6.07, 6.45) is 0. The van der Waals surface area contributed by atoms with Gasteiger partial charge in [-0.05, 0) is 36.2 Å². The van der Waals surface area contributed by atoms with Crippen LogP contribution in [0.1, 0.15) is 5.56 Å². The molecule has 0 radical (unpaired) electrons. The van der Waals surface area contributed by atoms with Crippen molar-refractivity contribution in [3.05, 3.63) is 57.6 Å². The molecule has 5 nitrogen and oxygen atoms in total. The fraction of sp³-hybridized carbons (Fsp3) is 0.211. The zero-order chi connectivity index (χ0) is 20.1. The molecule has 0 aliphatic heterocycles. The van der Waals surface area contributed by atoms with Crippen molar-refractivity contribution in [1.29, 1.82) is 0 Å². The van der Waals surface area contributed by atoms with E-state index in [-0.39, 0.29) is 5.82 Å². The van der Waals surface area contributed by atoms with E-state index < -0.39 is 0 Å². The Labute approximate surface area is 176 Å². The zero-order valence-electron chi connectivity index (χ0n) is 15.5. The van der Waals surface area contributed by atoms with Crippen LogP contribution in [-0.4, -0.2) is 26.3 Å². The third-order valence-electron chi connectivity index (χ3n) is 3.98. The summed E-state index contributed by atoms with van der Waals surface area (Å²) in [6, 6.07) is 8.60. The van der Waals surface area contributed by atoms with Gasteiger partial charge in [-0.2, -0.15) is 0 Å². The molecule has 1 aromatic heterocycles. The normalized spacial score (nSPS) is 10.6. The molecule has 0 atom stereocenters. The molecule has 0 saturated heterocycles. The van der Waals surface area contributed by atoms with Crippen molar-refractivity contribution in [1.82, 2.24) is 4.98 Å². The van der Waals surface area contributed by atoms with Crippen LogP contribution in [0.25, 0.3) is 0 Å². The molecule has 0 spiro atoms. The number of hydrogen-bond donors (Lipinski definition) is 1. The lowest BCUT2D eigenvalue weighted by Crippen LogP contribution is -2.15. The minimum absolute atomic E-state index is 0.360. The maximum atomic E-state index is 14.6.